The van der Waals surface area contributed by atoms with E-state index in [1.165, 1.54) is 0 Å². The van der Waals surface area contributed by atoms with Crippen LogP contribution in [0, 0.1) is 0 Å². The van der Waals surface area contributed by atoms with E-state index in [0.29, 0.717) is 0 Å². The largest absolute Gasteiger partial charge is 0.394 e. The molecule has 9 N–H and O–H groups in total. The van der Waals surface area contributed by atoms with Crippen LogP contribution in [0.4, 0.5) is 0 Å². The predicted octanol–water partition coefficient (Wildman–Crippen LogP) is -3.04. The molecule has 20 heavy (non-hydrogen) atoms. The lowest BCUT2D eigenvalue weighted by atomic mass is 10.0. The molecule has 0 amide bonds. The Labute approximate surface area is 126 Å². The van der Waals surface area contributed by atoms with E-state index in [1.54, 1.807) is 0 Å². The number of nitrogens with two attached hydrogens (primary N) is 2. The summed E-state index contributed by atoms with van der Waals surface area (Å²) in [6.07, 6.45) is -3.51. The van der Waals surface area contributed by atoms with Gasteiger partial charge < -0.3 is 31.9 Å². The van der Waals surface area contributed by atoms with E-state index in [0.717, 1.165) is 6.21 Å². The Bertz CT molecular complexity index is 404. The van der Waals surface area contributed by atoms with Gasteiger partial charge in [0.25, 0.3) is 0 Å². The summed E-state index contributed by atoms with van der Waals surface area (Å²) >= 11 is 9.10. The number of aliphatic imine (C=N–C) groups is 1. The highest BCUT2D eigenvalue weighted by Gasteiger charge is 2.25. The van der Waals surface area contributed by atoms with Gasteiger partial charge in [-0.2, -0.15) is 5.10 Å². The molecule has 0 aliphatic rings. The van der Waals surface area contributed by atoms with Crippen molar-refractivity contribution in [2.24, 2.45) is 21.6 Å². The van der Waals surface area contributed by atoms with Crippen molar-refractivity contribution in [3.05, 3.63) is 0 Å². The van der Waals surface area contributed by atoms with Crippen LogP contribution in [0.3, 0.4) is 0 Å². The molecule has 0 aromatic heterocycles. The number of aliphatic hydroxyl groups is 4. The van der Waals surface area contributed by atoms with Crippen LogP contribution < -0.4 is 16.9 Å². The number of hydrogen-bond acceptors (Lipinski definition) is 7. The highest BCUT2D eigenvalue weighted by molar-refractivity contribution is 7.80. The highest BCUT2D eigenvalue weighted by atomic mass is 32.1. The normalized spacial score (nSPS) is 16.7. The molecule has 0 saturated carbocycles. The Hall–Kier alpha value is -1.24. The molecule has 0 aliphatic heterocycles. The topological polar surface area (TPSA) is 170 Å². The third-order valence-corrected chi connectivity index (χ3v) is 2.24. The molecule has 0 bridgehead atoms. The summed E-state index contributed by atoms with van der Waals surface area (Å²) in [5.74, 6) is 0. The van der Waals surface area contributed by atoms with Gasteiger partial charge in [-0.05, 0) is 24.4 Å². The van der Waals surface area contributed by atoms with Crippen molar-refractivity contribution in [3.8, 4) is 0 Å². The van der Waals surface area contributed by atoms with Crippen LogP contribution in [-0.2, 0) is 0 Å². The zero-order chi connectivity index (χ0) is 15.7. The molecule has 0 aromatic carbocycles. The minimum Gasteiger partial charge on any atom is -0.394 e. The van der Waals surface area contributed by atoms with Gasteiger partial charge >= 0.3 is 0 Å². The molecule has 0 spiro atoms. The Morgan fingerprint density at radius 1 is 1.20 bits per heavy atom. The molecule has 11 heteroatoms. The number of aliphatic hydroxyl groups excluding tert-OH is 4. The smallest absolute Gasteiger partial charge is 0.190 e. The van der Waals surface area contributed by atoms with Gasteiger partial charge in [0.2, 0.25) is 0 Å². The number of thiocarbonyl (C=S) groups is 2. The van der Waals surface area contributed by atoms with Crippen LogP contribution in [0.1, 0.15) is 6.42 Å². The zero-order valence-corrected chi connectivity index (χ0v) is 12.0. The summed E-state index contributed by atoms with van der Waals surface area (Å²) in [4.78, 5) is 3.61. The van der Waals surface area contributed by atoms with Crippen molar-refractivity contribution in [2.45, 2.75) is 24.7 Å². The van der Waals surface area contributed by atoms with E-state index >= 15 is 0 Å². The second-order valence-corrected chi connectivity index (χ2v) is 4.55. The molecule has 3 atom stereocenters. The first-order valence-electron chi connectivity index (χ1n) is 5.38. The van der Waals surface area contributed by atoms with Crippen LogP contribution in [0.2, 0.25) is 0 Å². The first-order chi connectivity index (χ1) is 9.27. The molecule has 0 saturated heterocycles. The maximum absolute atomic E-state index is 9.70. The summed E-state index contributed by atoms with van der Waals surface area (Å²) in [5, 5.41) is 40.6. The third kappa shape index (κ3) is 8.04. The van der Waals surface area contributed by atoms with Crippen LogP contribution in [0.15, 0.2) is 10.1 Å². The standard InChI is InChI=1S/C9H17N5O4S2/c10-8(19)12-2-4(13-14-9(11)20)1-5(16)7(18)6(17)3-15/h2,5-7,15-18H,1,3H2,(H2,10,19)(H3,11,14,20)/b12-2?,13-4+/t5-,6+,7-/m0/s1. The molecule has 0 radical (unpaired) electrons. The van der Waals surface area contributed by atoms with Crippen molar-refractivity contribution in [2.75, 3.05) is 6.61 Å². The van der Waals surface area contributed by atoms with Gasteiger partial charge in [-0.3, -0.25) is 5.43 Å². The van der Waals surface area contributed by atoms with Crippen molar-refractivity contribution in [3.63, 3.8) is 0 Å². The Morgan fingerprint density at radius 3 is 2.25 bits per heavy atom. The monoisotopic (exact) mass is 323 g/mol. The second kappa shape index (κ2) is 9.63. The van der Waals surface area contributed by atoms with Gasteiger partial charge in [0.1, 0.15) is 12.2 Å². The SMILES string of the molecule is NC(=S)N=C/C(C[C@H](O)[C@H](O)[C@H](O)CO)=N/NC(N)=S. The van der Waals surface area contributed by atoms with Crippen molar-refractivity contribution >= 4 is 46.6 Å². The van der Waals surface area contributed by atoms with E-state index < -0.39 is 24.9 Å². The van der Waals surface area contributed by atoms with Crippen molar-refractivity contribution in [1.82, 2.24) is 5.43 Å². The third-order valence-electron chi connectivity index (χ3n) is 2.04. The van der Waals surface area contributed by atoms with E-state index in [2.05, 4.69) is 40.0 Å². The fraction of sp³-hybridized carbons (Fsp3) is 0.556. The summed E-state index contributed by atoms with van der Waals surface area (Å²) < 4.78 is 0. The fourth-order valence-electron chi connectivity index (χ4n) is 1.09. The average Bonchev–Trinajstić information content (AvgIpc) is 2.39. The molecule has 0 rings (SSSR count). The predicted molar refractivity (Wildman–Crippen MR) is 82.4 cm³/mol. The lowest BCUT2D eigenvalue weighted by molar-refractivity contribution is -0.0733. The number of hydrazone groups is 1. The van der Waals surface area contributed by atoms with Gasteiger partial charge in [0, 0.05) is 6.42 Å². The highest BCUT2D eigenvalue weighted by Crippen LogP contribution is 2.05. The van der Waals surface area contributed by atoms with Crippen molar-refractivity contribution in [1.29, 1.82) is 0 Å². The average molecular weight is 323 g/mol. The Kier molecular flexibility index (Phi) is 9.03. The molecule has 114 valence electrons. The molecular weight excluding hydrogens is 306 g/mol. The van der Waals surface area contributed by atoms with Gasteiger partial charge in [-0.1, -0.05) is 0 Å². The quantitative estimate of drug-likeness (QED) is 0.146. The summed E-state index contributed by atoms with van der Waals surface area (Å²) in [6, 6.07) is 0. The van der Waals surface area contributed by atoms with Crippen LogP contribution in [0.25, 0.3) is 0 Å². The lowest BCUT2D eigenvalue weighted by Crippen LogP contribution is -2.41. The van der Waals surface area contributed by atoms with Gasteiger partial charge in [0.15, 0.2) is 10.2 Å². The Balaban J connectivity index is 4.83. The summed E-state index contributed by atoms with van der Waals surface area (Å²) in [7, 11) is 0. The molecule has 0 aliphatic carbocycles. The van der Waals surface area contributed by atoms with E-state index in [-0.39, 0.29) is 22.4 Å². The first-order valence-corrected chi connectivity index (χ1v) is 6.20. The maximum atomic E-state index is 9.70. The molecule has 0 heterocycles. The van der Waals surface area contributed by atoms with Crippen molar-refractivity contribution < 1.29 is 20.4 Å². The summed E-state index contributed by atoms with van der Waals surface area (Å²) in [5.41, 5.74) is 12.8. The van der Waals surface area contributed by atoms with Gasteiger partial charge in [-0.15, -0.1) is 0 Å². The maximum Gasteiger partial charge on any atom is 0.190 e. The Morgan fingerprint density at radius 2 is 1.80 bits per heavy atom. The number of rotatable bonds is 7. The van der Waals surface area contributed by atoms with Crippen LogP contribution in [0.5, 0.6) is 0 Å². The number of nitrogens with zero attached hydrogens (tertiary/aromatic N) is 2. The van der Waals surface area contributed by atoms with E-state index in [1.807, 2.05) is 0 Å². The summed E-state index contributed by atoms with van der Waals surface area (Å²) in [6.45, 7) is -0.698. The fourth-order valence-corrected chi connectivity index (χ4v) is 1.19. The molecule has 0 unspecified atom stereocenters. The van der Waals surface area contributed by atoms with E-state index in [9.17, 15) is 15.3 Å². The van der Waals surface area contributed by atoms with Gasteiger partial charge in [-0.25, -0.2) is 4.99 Å². The van der Waals surface area contributed by atoms with Gasteiger partial charge in [0.05, 0.1) is 24.6 Å². The molecule has 9 nitrogen and oxygen atoms in total. The first kappa shape index (κ1) is 18.8. The van der Waals surface area contributed by atoms with Crippen LogP contribution >= 0.6 is 24.4 Å². The molecular formula is C9H17N5O4S2. The van der Waals surface area contributed by atoms with E-state index in [4.69, 9.17) is 16.6 Å². The number of hydrogen-bond donors (Lipinski definition) is 7. The molecule has 0 fully saturated rings. The minimum absolute atomic E-state index is 0.114. The zero-order valence-electron chi connectivity index (χ0n) is 10.4. The van der Waals surface area contributed by atoms with Crippen LogP contribution in [-0.4, -0.2) is 67.5 Å². The minimum atomic E-state index is -1.56. The second-order valence-electron chi connectivity index (χ2n) is 3.69. The number of nitrogens with one attached hydrogen (secondary N) is 1. The molecule has 0 aromatic rings. The lowest BCUT2D eigenvalue weighted by Gasteiger charge is -2.21.